The first-order valence-corrected chi connectivity index (χ1v) is 17.1. The van der Waals surface area contributed by atoms with E-state index in [0.717, 1.165) is 44.9 Å². The highest BCUT2D eigenvalue weighted by molar-refractivity contribution is 5.67. The molecule has 0 saturated carbocycles. The number of hydrogen-bond donors (Lipinski definition) is 1. The van der Waals surface area contributed by atoms with Gasteiger partial charge in [0.15, 0.2) is 12.2 Å². The van der Waals surface area contributed by atoms with Crippen molar-refractivity contribution in [2.24, 2.45) is 0 Å². The second-order valence-electron chi connectivity index (χ2n) is 11.3. The summed E-state index contributed by atoms with van der Waals surface area (Å²) in [6.45, 7) is 11.1. The molecule has 0 radical (unpaired) electrons. The lowest BCUT2D eigenvalue weighted by molar-refractivity contribution is -0.160. The summed E-state index contributed by atoms with van der Waals surface area (Å²) in [4.78, 5) is 43.5. The number of aliphatic hydroxyl groups excluding tert-OH is 1. The maximum Gasteiger partial charge on any atom is 0.303 e. The van der Waals surface area contributed by atoms with Crippen molar-refractivity contribution in [3.8, 4) is 0 Å². The summed E-state index contributed by atoms with van der Waals surface area (Å²) < 4.78 is 30.8. The van der Waals surface area contributed by atoms with Crippen LogP contribution in [-0.4, -0.2) is 87.4 Å². The zero-order valence-electron chi connectivity index (χ0n) is 29.2. The van der Waals surface area contributed by atoms with E-state index in [1.165, 1.54) is 85.5 Å². The van der Waals surface area contributed by atoms with Crippen molar-refractivity contribution in [2.45, 2.75) is 143 Å². The molecule has 2 atom stereocenters. The standard InChI is InChI=1S/C18H32O5.C17H32O6/c1-4-5-6-7-8-9-10-11-12-13-21-14-18(23-17(3)20)15-22-16(2)19;1-15(19)22-14-17(23-16(2)20)13-21-12-10-8-6-4-3-5-7-9-11-18/h4,18H,1,5-15H2,2-3H3;17-18H,3-14H2,1-2H3. The molecule has 2 unspecified atom stereocenters. The van der Waals surface area contributed by atoms with Crippen LogP contribution in [0, 0.1) is 0 Å². The normalized spacial score (nSPS) is 11.8. The minimum atomic E-state index is -0.539. The Bertz CT molecular complexity index is 757. The predicted molar refractivity (Wildman–Crippen MR) is 177 cm³/mol. The van der Waals surface area contributed by atoms with Gasteiger partial charge in [-0.1, -0.05) is 76.7 Å². The molecule has 0 aromatic rings. The molecule has 0 aromatic carbocycles. The minimum absolute atomic E-state index is 0.0305. The Balaban J connectivity index is 0. The zero-order valence-corrected chi connectivity index (χ0v) is 29.2. The zero-order chi connectivity index (χ0) is 34.7. The van der Waals surface area contributed by atoms with E-state index >= 15 is 0 Å². The van der Waals surface area contributed by atoms with Crippen LogP contribution < -0.4 is 0 Å². The largest absolute Gasteiger partial charge is 0.462 e. The molecule has 11 heteroatoms. The van der Waals surface area contributed by atoms with E-state index in [4.69, 9.17) is 33.5 Å². The van der Waals surface area contributed by atoms with Crippen molar-refractivity contribution in [3.63, 3.8) is 0 Å². The maximum absolute atomic E-state index is 11.0. The highest BCUT2D eigenvalue weighted by Gasteiger charge is 2.15. The van der Waals surface area contributed by atoms with Gasteiger partial charge in [0, 0.05) is 47.5 Å². The van der Waals surface area contributed by atoms with Crippen LogP contribution in [0.2, 0.25) is 0 Å². The Morgan fingerprint density at radius 1 is 0.522 bits per heavy atom. The summed E-state index contributed by atoms with van der Waals surface area (Å²) in [5, 5.41) is 8.67. The number of hydrogen-bond acceptors (Lipinski definition) is 11. The Morgan fingerprint density at radius 2 is 0.870 bits per heavy atom. The molecular formula is C35H64O11. The van der Waals surface area contributed by atoms with Gasteiger partial charge < -0.3 is 33.5 Å². The van der Waals surface area contributed by atoms with Crippen LogP contribution in [0.15, 0.2) is 12.7 Å². The monoisotopic (exact) mass is 660 g/mol. The molecule has 0 aliphatic carbocycles. The van der Waals surface area contributed by atoms with Crippen molar-refractivity contribution in [1.29, 1.82) is 0 Å². The van der Waals surface area contributed by atoms with E-state index in [9.17, 15) is 19.2 Å². The van der Waals surface area contributed by atoms with Crippen LogP contribution >= 0.6 is 0 Å². The van der Waals surface area contributed by atoms with Gasteiger partial charge in [-0.25, -0.2) is 0 Å². The van der Waals surface area contributed by atoms with E-state index < -0.39 is 36.1 Å². The highest BCUT2D eigenvalue weighted by Crippen LogP contribution is 2.10. The van der Waals surface area contributed by atoms with E-state index in [1.54, 1.807) is 0 Å². The fraction of sp³-hybridized carbons (Fsp3) is 0.829. The van der Waals surface area contributed by atoms with Crippen LogP contribution in [0.5, 0.6) is 0 Å². The quantitative estimate of drug-likeness (QED) is 0.0395. The van der Waals surface area contributed by atoms with Gasteiger partial charge in [-0.3, -0.25) is 19.2 Å². The van der Waals surface area contributed by atoms with Crippen LogP contribution in [0.4, 0.5) is 0 Å². The minimum Gasteiger partial charge on any atom is -0.462 e. The Labute approximate surface area is 278 Å². The van der Waals surface area contributed by atoms with Gasteiger partial charge in [-0.2, -0.15) is 0 Å². The molecule has 46 heavy (non-hydrogen) atoms. The first-order valence-electron chi connectivity index (χ1n) is 17.1. The maximum atomic E-state index is 11.0. The average molecular weight is 661 g/mol. The van der Waals surface area contributed by atoms with E-state index in [2.05, 4.69) is 6.58 Å². The Morgan fingerprint density at radius 3 is 1.20 bits per heavy atom. The molecule has 0 amide bonds. The van der Waals surface area contributed by atoms with Crippen molar-refractivity contribution in [1.82, 2.24) is 0 Å². The van der Waals surface area contributed by atoms with E-state index in [1.807, 2.05) is 6.08 Å². The molecule has 0 aliphatic rings. The Kier molecular flexibility index (Phi) is 35.1. The average Bonchev–Trinajstić information content (AvgIpc) is 2.99. The molecule has 0 saturated heterocycles. The third kappa shape index (κ3) is 39.5. The number of ether oxygens (including phenoxy) is 6. The second-order valence-corrected chi connectivity index (χ2v) is 11.3. The van der Waals surface area contributed by atoms with Gasteiger partial charge in [0.2, 0.25) is 0 Å². The fourth-order valence-electron chi connectivity index (χ4n) is 4.31. The molecular weight excluding hydrogens is 596 g/mol. The van der Waals surface area contributed by atoms with E-state index in [-0.39, 0.29) is 26.4 Å². The van der Waals surface area contributed by atoms with Crippen LogP contribution in [0.3, 0.4) is 0 Å². The van der Waals surface area contributed by atoms with Gasteiger partial charge >= 0.3 is 23.9 Å². The number of allylic oxidation sites excluding steroid dienone is 1. The van der Waals surface area contributed by atoms with Gasteiger partial charge in [0.05, 0.1) is 13.2 Å². The number of unbranched alkanes of at least 4 members (excludes halogenated alkanes) is 14. The Hall–Kier alpha value is -2.50. The smallest absolute Gasteiger partial charge is 0.303 e. The van der Waals surface area contributed by atoms with Gasteiger partial charge in [0.1, 0.15) is 13.2 Å². The molecule has 270 valence electrons. The van der Waals surface area contributed by atoms with Crippen molar-refractivity contribution < 1.29 is 52.7 Å². The summed E-state index contributed by atoms with van der Waals surface area (Å²) >= 11 is 0. The first kappa shape index (κ1) is 45.6. The SMILES string of the molecule is C=CCCCCCCCCCOCC(COC(C)=O)OC(C)=O.CC(=O)OCC(COCCCCCCCCCCO)OC(C)=O. The van der Waals surface area contributed by atoms with Crippen molar-refractivity contribution >= 4 is 23.9 Å². The highest BCUT2D eigenvalue weighted by atomic mass is 16.6. The molecule has 0 bridgehead atoms. The predicted octanol–water partition coefficient (Wildman–Crippen LogP) is 6.42. The van der Waals surface area contributed by atoms with Crippen LogP contribution in [-0.2, 0) is 47.6 Å². The molecule has 0 spiro atoms. The molecule has 0 rings (SSSR count). The van der Waals surface area contributed by atoms with Gasteiger partial charge in [-0.05, 0) is 32.1 Å². The number of aliphatic hydroxyl groups is 1. The summed E-state index contributed by atoms with van der Waals surface area (Å²) in [6, 6.07) is 0. The van der Waals surface area contributed by atoms with Crippen LogP contribution in [0.1, 0.15) is 130 Å². The lowest BCUT2D eigenvalue weighted by Crippen LogP contribution is -2.28. The topological polar surface area (TPSA) is 144 Å². The lowest BCUT2D eigenvalue weighted by atomic mass is 10.1. The summed E-state index contributed by atoms with van der Waals surface area (Å²) in [7, 11) is 0. The van der Waals surface area contributed by atoms with Gasteiger partial charge in [-0.15, -0.1) is 6.58 Å². The third-order valence-corrected chi connectivity index (χ3v) is 6.61. The molecule has 11 nitrogen and oxygen atoms in total. The fourth-order valence-corrected chi connectivity index (χ4v) is 4.31. The molecule has 0 aromatic heterocycles. The summed E-state index contributed by atoms with van der Waals surface area (Å²) in [6.07, 6.45) is 19.4. The summed E-state index contributed by atoms with van der Waals surface area (Å²) in [5.41, 5.74) is 0. The number of rotatable bonds is 30. The second kappa shape index (κ2) is 35.4. The summed E-state index contributed by atoms with van der Waals surface area (Å²) in [5.74, 6) is -1.61. The number of carbonyl (C=O) groups excluding carboxylic acids is 4. The first-order chi connectivity index (χ1) is 22.1. The number of esters is 4. The molecule has 0 aliphatic heterocycles. The molecule has 0 fully saturated rings. The third-order valence-electron chi connectivity index (χ3n) is 6.61. The lowest BCUT2D eigenvalue weighted by Gasteiger charge is -2.16. The van der Waals surface area contributed by atoms with Crippen LogP contribution in [0.25, 0.3) is 0 Å². The number of carbonyl (C=O) groups is 4. The van der Waals surface area contributed by atoms with Crippen molar-refractivity contribution in [3.05, 3.63) is 12.7 Å². The van der Waals surface area contributed by atoms with Gasteiger partial charge in [0.25, 0.3) is 0 Å². The molecule has 1 N–H and O–H groups in total. The van der Waals surface area contributed by atoms with Crippen molar-refractivity contribution in [2.75, 3.05) is 46.2 Å². The van der Waals surface area contributed by atoms with E-state index in [0.29, 0.717) is 19.8 Å². The molecule has 0 heterocycles.